The van der Waals surface area contributed by atoms with Crippen LogP contribution in [0.2, 0.25) is 0 Å². The van der Waals surface area contributed by atoms with Crippen LogP contribution in [0, 0.1) is 0 Å². The SMILES string of the molecule is C[C@@H](O)C[C@@H](Cc1ccc(-c2ccccc2)cc1)NC(=O)c1cc(-c2cnn(C)c2)no1. The average Bonchev–Trinajstić information content (AvgIpc) is 3.44. The van der Waals surface area contributed by atoms with Crippen molar-refractivity contribution < 1.29 is 14.4 Å². The molecule has 0 spiro atoms. The Morgan fingerprint density at radius 1 is 1.09 bits per heavy atom. The third kappa shape index (κ3) is 5.31. The molecule has 0 aliphatic carbocycles. The molecule has 32 heavy (non-hydrogen) atoms. The molecule has 0 bridgehead atoms. The summed E-state index contributed by atoms with van der Waals surface area (Å²) in [6.07, 6.45) is 3.93. The number of amides is 1. The number of aromatic nitrogens is 3. The molecule has 4 aromatic rings. The summed E-state index contributed by atoms with van der Waals surface area (Å²) in [7, 11) is 1.81. The molecule has 0 unspecified atom stereocenters. The zero-order valence-corrected chi connectivity index (χ0v) is 18.1. The number of carbonyl (C=O) groups excluding carboxylic acids is 1. The Hall–Kier alpha value is -3.71. The zero-order valence-electron chi connectivity index (χ0n) is 18.1. The fraction of sp³-hybridized carbons (Fsp3) is 0.240. The van der Waals surface area contributed by atoms with Gasteiger partial charge in [-0.3, -0.25) is 9.48 Å². The van der Waals surface area contributed by atoms with Crippen molar-refractivity contribution in [3.05, 3.63) is 84.4 Å². The first kappa shape index (κ1) is 21.5. The van der Waals surface area contributed by atoms with Crippen LogP contribution in [0.4, 0.5) is 0 Å². The first-order chi connectivity index (χ1) is 15.5. The highest BCUT2D eigenvalue weighted by molar-refractivity contribution is 5.92. The van der Waals surface area contributed by atoms with Gasteiger partial charge in [-0.1, -0.05) is 59.8 Å². The second-order valence-corrected chi connectivity index (χ2v) is 8.00. The first-order valence-electron chi connectivity index (χ1n) is 10.6. The monoisotopic (exact) mass is 430 g/mol. The van der Waals surface area contributed by atoms with Gasteiger partial charge >= 0.3 is 0 Å². The highest BCUT2D eigenvalue weighted by atomic mass is 16.5. The maximum Gasteiger partial charge on any atom is 0.290 e. The van der Waals surface area contributed by atoms with E-state index in [-0.39, 0.29) is 17.7 Å². The normalized spacial score (nSPS) is 13.0. The Morgan fingerprint density at radius 3 is 2.47 bits per heavy atom. The van der Waals surface area contributed by atoms with Crippen LogP contribution in [0.5, 0.6) is 0 Å². The lowest BCUT2D eigenvalue weighted by atomic mass is 9.98. The average molecular weight is 431 g/mol. The fourth-order valence-electron chi connectivity index (χ4n) is 3.68. The summed E-state index contributed by atoms with van der Waals surface area (Å²) in [6, 6.07) is 19.8. The van der Waals surface area contributed by atoms with Crippen molar-refractivity contribution >= 4 is 5.91 Å². The molecule has 0 saturated heterocycles. The number of aliphatic hydroxyl groups is 1. The highest BCUT2D eigenvalue weighted by Gasteiger charge is 2.20. The highest BCUT2D eigenvalue weighted by Crippen LogP contribution is 2.21. The predicted molar refractivity (Wildman–Crippen MR) is 122 cm³/mol. The number of carbonyl (C=O) groups is 1. The van der Waals surface area contributed by atoms with Crippen LogP contribution in [-0.2, 0) is 13.5 Å². The van der Waals surface area contributed by atoms with Crippen molar-refractivity contribution in [1.29, 1.82) is 0 Å². The summed E-state index contributed by atoms with van der Waals surface area (Å²) in [5.74, 6) is -0.238. The number of nitrogens with zero attached hydrogens (tertiary/aromatic N) is 3. The standard InChI is InChI=1S/C25H26N4O3/c1-17(30)12-22(13-18-8-10-20(11-9-18)19-6-4-3-5-7-19)27-25(31)24-14-23(28-32-24)21-15-26-29(2)16-21/h3-11,14-17,22,30H,12-13H2,1-2H3,(H,27,31)/t17-,22+/m1/s1. The second-order valence-electron chi connectivity index (χ2n) is 8.00. The van der Waals surface area contributed by atoms with Gasteiger partial charge < -0.3 is 14.9 Å². The molecule has 2 atom stereocenters. The molecule has 4 rings (SSSR count). The van der Waals surface area contributed by atoms with Gasteiger partial charge in [0.2, 0.25) is 5.76 Å². The molecule has 0 fully saturated rings. The topological polar surface area (TPSA) is 93.2 Å². The summed E-state index contributed by atoms with van der Waals surface area (Å²) >= 11 is 0. The van der Waals surface area contributed by atoms with Gasteiger partial charge in [0.1, 0.15) is 5.69 Å². The lowest BCUT2D eigenvalue weighted by molar-refractivity contribution is 0.0880. The third-order valence-electron chi connectivity index (χ3n) is 5.24. The van der Waals surface area contributed by atoms with Crippen molar-refractivity contribution in [3.8, 4) is 22.4 Å². The van der Waals surface area contributed by atoms with E-state index in [1.165, 1.54) is 0 Å². The molecular weight excluding hydrogens is 404 g/mol. The minimum atomic E-state index is -0.551. The van der Waals surface area contributed by atoms with Gasteiger partial charge in [0.15, 0.2) is 0 Å². The molecule has 0 aliphatic rings. The van der Waals surface area contributed by atoms with Gasteiger partial charge in [-0.05, 0) is 36.5 Å². The van der Waals surface area contributed by atoms with Gasteiger partial charge in [0.05, 0.1) is 12.3 Å². The zero-order chi connectivity index (χ0) is 22.5. The van der Waals surface area contributed by atoms with E-state index in [2.05, 4.69) is 52.0 Å². The molecule has 164 valence electrons. The van der Waals surface area contributed by atoms with Crippen LogP contribution >= 0.6 is 0 Å². The molecule has 2 aromatic carbocycles. The van der Waals surface area contributed by atoms with E-state index in [0.29, 0.717) is 18.5 Å². The van der Waals surface area contributed by atoms with E-state index >= 15 is 0 Å². The first-order valence-corrected chi connectivity index (χ1v) is 10.6. The fourth-order valence-corrected chi connectivity index (χ4v) is 3.68. The lowest BCUT2D eigenvalue weighted by Gasteiger charge is -2.20. The molecule has 2 N–H and O–H groups in total. The van der Waals surface area contributed by atoms with E-state index < -0.39 is 6.10 Å². The number of hydrogen-bond donors (Lipinski definition) is 2. The molecule has 0 aliphatic heterocycles. The molecule has 0 saturated carbocycles. The Bertz CT molecular complexity index is 1160. The minimum Gasteiger partial charge on any atom is -0.393 e. The maximum absolute atomic E-state index is 12.8. The largest absolute Gasteiger partial charge is 0.393 e. The van der Waals surface area contributed by atoms with Crippen molar-refractivity contribution in [2.45, 2.75) is 31.9 Å². The summed E-state index contributed by atoms with van der Waals surface area (Å²) < 4.78 is 6.91. The Kier molecular flexibility index (Phi) is 6.47. The third-order valence-corrected chi connectivity index (χ3v) is 5.24. The minimum absolute atomic E-state index is 0.124. The molecule has 1 amide bonds. The number of hydrogen-bond acceptors (Lipinski definition) is 5. The van der Waals surface area contributed by atoms with Crippen LogP contribution < -0.4 is 5.32 Å². The number of nitrogens with one attached hydrogen (secondary N) is 1. The van der Waals surface area contributed by atoms with Crippen molar-refractivity contribution in [2.75, 3.05) is 0 Å². The molecule has 0 radical (unpaired) electrons. The maximum atomic E-state index is 12.8. The van der Waals surface area contributed by atoms with Gasteiger partial charge in [-0.25, -0.2) is 0 Å². The Labute approximate surface area is 186 Å². The molecule has 7 heteroatoms. The van der Waals surface area contributed by atoms with Gasteiger partial charge in [0.25, 0.3) is 5.91 Å². The van der Waals surface area contributed by atoms with Crippen molar-refractivity contribution in [2.24, 2.45) is 7.05 Å². The van der Waals surface area contributed by atoms with Crippen molar-refractivity contribution in [3.63, 3.8) is 0 Å². The molecule has 2 aromatic heterocycles. The van der Waals surface area contributed by atoms with Gasteiger partial charge in [0, 0.05) is 30.9 Å². The van der Waals surface area contributed by atoms with E-state index in [1.54, 1.807) is 30.1 Å². The van der Waals surface area contributed by atoms with E-state index in [9.17, 15) is 9.90 Å². The van der Waals surface area contributed by atoms with Crippen LogP contribution in [0.3, 0.4) is 0 Å². The number of rotatable bonds is 8. The predicted octanol–water partition coefficient (Wildman–Crippen LogP) is 3.85. The molecule has 7 nitrogen and oxygen atoms in total. The van der Waals surface area contributed by atoms with Crippen LogP contribution in [0.1, 0.15) is 29.5 Å². The van der Waals surface area contributed by atoms with Gasteiger partial charge in [-0.2, -0.15) is 5.10 Å². The summed E-state index contributed by atoms with van der Waals surface area (Å²) in [5, 5.41) is 21.0. The molecule has 2 heterocycles. The Balaban J connectivity index is 1.44. The van der Waals surface area contributed by atoms with E-state index in [4.69, 9.17) is 4.52 Å². The van der Waals surface area contributed by atoms with E-state index in [1.807, 2.05) is 25.2 Å². The second kappa shape index (κ2) is 9.62. The number of aryl methyl sites for hydroxylation is 1. The summed E-state index contributed by atoms with van der Waals surface area (Å²) in [5.41, 5.74) is 4.68. The molecular formula is C25H26N4O3. The number of aliphatic hydroxyl groups excluding tert-OH is 1. The quantitative estimate of drug-likeness (QED) is 0.443. The smallest absolute Gasteiger partial charge is 0.290 e. The Morgan fingerprint density at radius 2 is 1.81 bits per heavy atom. The summed E-state index contributed by atoms with van der Waals surface area (Å²) in [4.78, 5) is 12.8. The summed E-state index contributed by atoms with van der Waals surface area (Å²) in [6.45, 7) is 1.71. The van der Waals surface area contributed by atoms with Crippen LogP contribution in [0.25, 0.3) is 22.4 Å². The lowest BCUT2D eigenvalue weighted by Crippen LogP contribution is -2.38. The van der Waals surface area contributed by atoms with Crippen LogP contribution in [-0.4, -0.2) is 38.1 Å². The van der Waals surface area contributed by atoms with Crippen molar-refractivity contribution in [1.82, 2.24) is 20.3 Å². The van der Waals surface area contributed by atoms with E-state index in [0.717, 1.165) is 22.3 Å². The number of benzene rings is 2. The van der Waals surface area contributed by atoms with Gasteiger partial charge in [-0.15, -0.1) is 0 Å². The van der Waals surface area contributed by atoms with Crippen LogP contribution in [0.15, 0.2) is 77.6 Å².